The Balaban J connectivity index is 0.00000320. The molecule has 9 heteroatoms. The van der Waals surface area contributed by atoms with Gasteiger partial charge in [0.25, 0.3) is 0 Å². The van der Waals surface area contributed by atoms with Gasteiger partial charge < -0.3 is 20.1 Å². The summed E-state index contributed by atoms with van der Waals surface area (Å²) in [4.78, 5) is 8.76. The second-order valence-electron chi connectivity index (χ2n) is 7.80. The first-order valence-corrected chi connectivity index (χ1v) is 11.6. The molecule has 30 heavy (non-hydrogen) atoms. The van der Waals surface area contributed by atoms with Gasteiger partial charge in [0.1, 0.15) is 12.4 Å². The molecule has 3 heterocycles. The molecule has 168 valence electrons. The van der Waals surface area contributed by atoms with Crippen molar-refractivity contribution in [2.24, 2.45) is 12.0 Å². The van der Waals surface area contributed by atoms with Crippen LogP contribution in [0.3, 0.4) is 0 Å². The fourth-order valence-corrected chi connectivity index (χ4v) is 4.36. The van der Waals surface area contributed by atoms with Crippen LogP contribution in [-0.4, -0.2) is 57.8 Å². The van der Waals surface area contributed by atoms with E-state index in [9.17, 15) is 0 Å². The third-order valence-corrected chi connectivity index (χ3v) is 6.60. The number of aryl methyl sites for hydroxylation is 1. The van der Waals surface area contributed by atoms with Crippen molar-refractivity contribution in [1.82, 2.24) is 30.3 Å². The number of hydrogen-bond acceptors (Lipinski definition) is 5. The van der Waals surface area contributed by atoms with E-state index in [1.807, 2.05) is 18.5 Å². The van der Waals surface area contributed by atoms with Gasteiger partial charge in [-0.2, -0.15) is 0 Å². The molecule has 0 aromatic carbocycles. The molecule has 1 atom stereocenters. The average molecular weight is 546 g/mol. The maximum atomic E-state index is 4.75. The number of likely N-dealkylation sites (tertiary alicyclic amines) is 1. The molecular formula is C21H36IN7S. The molecule has 0 amide bonds. The second kappa shape index (κ2) is 13.3. The highest BCUT2D eigenvalue weighted by Crippen LogP contribution is 2.16. The van der Waals surface area contributed by atoms with Gasteiger partial charge in [0.2, 0.25) is 0 Å². The fraction of sp³-hybridized carbons (Fsp3) is 0.667. The van der Waals surface area contributed by atoms with Crippen LogP contribution in [0.15, 0.2) is 22.5 Å². The zero-order valence-electron chi connectivity index (χ0n) is 18.4. The Bertz CT molecular complexity index is 760. The van der Waals surface area contributed by atoms with Gasteiger partial charge in [0, 0.05) is 37.6 Å². The highest BCUT2D eigenvalue weighted by Gasteiger charge is 2.17. The number of rotatable bonds is 9. The first-order chi connectivity index (χ1) is 14.1. The summed E-state index contributed by atoms with van der Waals surface area (Å²) < 4.78 is 1.99. The highest BCUT2D eigenvalue weighted by atomic mass is 127. The summed E-state index contributed by atoms with van der Waals surface area (Å²) in [6, 6.07) is 5.00. The van der Waals surface area contributed by atoms with E-state index in [-0.39, 0.29) is 24.0 Å². The molecule has 0 saturated carbocycles. The van der Waals surface area contributed by atoms with Gasteiger partial charge in [-0.25, -0.2) is 4.99 Å². The van der Waals surface area contributed by atoms with Gasteiger partial charge in [-0.3, -0.25) is 0 Å². The Morgan fingerprint density at radius 3 is 2.80 bits per heavy atom. The lowest BCUT2D eigenvalue weighted by Crippen LogP contribution is -2.41. The van der Waals surface area contributed by atoms with Gasteiger partial charge in [0.05, 0.1) is 0 Å². The van der Waals surface area contributed by atoms with Crippen LogP contribution >= 0.6 is 35.3 Å². The Hall–Kier alpha value is -1.20. The Kier molecular flexibility index (Phi) is 11.1. The molecule has 0 radical (unpaired) electrons. The summed E-state index contributed by atoms with van der Waals surface area (Å²) in [7, 11) is 1.98. The van der Waals surface area contributed by atoms with Gasteiger partial charge >= 0.3 is 0 Å². The first kappa shape index (κ1) is 25.1. The van der Waals surface area contributed by atoms with E-state index < -0.39 is 0 Å². The molecule has 0 bridgehead atoms. The second-order valence-corrected chi connectivity index (χ2v) is 8.84. The van der Waals surface area contributed by atoms with Crippen molar-refractivity contribution >= 4 is 41.3 Å². The Morgan fingerprint density at radius 2 is 2.10 bits per heavy atom. The summed E-state index contributed by atoms with van der Waals surface area (Å²) in [5.74, 6) is 2.64. The molecule has 2 aromatic rings. The highest BCUT2D eigenvalue weighted by molar-refractivity contribution is 14.0. The molecular weight excluding hydrogens is 509 g/mol. The van der Waals surface area contributed by atoms with E-state index >= 15 is 0 Å². The predicted molar refractivity (Wildman–Crippen MR) is 136 cm³/mol. The predicted octanol–water partition coefficient (Wildman–Crippen LogP) is 3.35. The Labute approximate surface area is 201 Å². The third kappa shape index (κ3) is 7.81. The molecule has 2 N–H and O–H groups in total. The van der Waals surface area contributed by atoms with Gasteiger partial charge in [-0.05, 0) is 57.5 Å². The van der Waals surface area contributed by atoms with Crippen molar-refractivity contribution in [3.63, 3.8) is 0 Å². The molecule has 1 aliphatic heterocycles. The molecule has 1 saturated heterocycles. The molecule has 0 spiro atoms. The van der Waals surface area contributed by atoms with Crippen LogP contribution < -0.4 is 10.6 Å². The number of nitrogens with zero attached hydrogens (tertiary/aromatic N) is 5. The summed E-state index contributed by atoms with van der Waals surface area (Å²) in [5, 5.41) is 17.5. The number of guanidine groups is 1. The van der Waals surface area contributed by atoms with Crippen molar-refractivity contribution in [1.29, 1.82) is 0 Å². The van der Waals surface area contributed by atoms with E-state index in [1.165, 1.54) is 30.7 Å². The lowest BCUT2D eigenvalue weighted by atomic mass is 10.0. The number of aliphatic imine (C=N–C) groups is 1. The van der Waals surface area contributed by atoms with Crippen LogP contribution in [-0.2, 0) is 20.0 Å². The number of piperidine rings is 1. The lowest BCUT2D eigenvalue weighted by molar-refractivity contribution is 0.159. The molecule has 1 fully saturated rings. The standard InChI is InChI=1S/C21H35N7S.HI/c1-17-8-4-5-13-28(17)14-7-11-22-21(23-12-10-19-9-6-15-29-19)24-16-20-26-25-18(2)27(20)3;/h6,9,15,17H,4-5,7-8,10-14,16H2,1-3H3,(H2,22,23,24);1H. The fourth-order valence-electron chi connectivity index (χ4n) is 3.65. The van der Waals surface area contributed by atoms with Crippen LogP contribution in [0, 0.1) is 6.92 Å². The van der Waals surface area contributed by atoms with E-state index in [2.05, 4.69) is 50.2 Å². The lowest BCUT2D eigenvalue weighted by Gasteiger charge is -2.33. The van der Waals surface area contributed by atoms with Crippen molar-refractivity contribution in [3.8, 4) is 0 Å². The van der Waals surface area contributed by atoms with Gasteiger partial charge in [0.15, 0.2) is 11.8 Å². The van der Waals surface area contributed by atoms with Crippen LogP contribution in [0.5, 0.6) is 0 Å². The van der Waals surface area contributed by atoms with Crippen molar-refractivity contribution < 1.29 is 0 Å². The van der Waals surface area contributed by atoms with E-state index in [0.29, 0.717) is 6.54 Å². The summed E-state index contributed by atoms with van der Waals surface area (Å²) >= 11 is 1.80. The summed E-state index contributed by atoms with van der Waals surface area (Å²) in [5.41, 5.74) is 0. The summed E-state index contributed by atoms with van der Waals surface area (Å²) in [6.45, 7) is 9.02. The molecule has 7 nitrogen and oxygen atoms in total. The van der Waals surface area contributed by atoms with Crippen molar-refractivity contribution in [2.45, 2.75) is 58.5 Å². The molecule has 1 unspecified atom stereocenters. The first-order valence-electron chi connectivity index (χ1n) is 10.8. The van der Waals surface area contributed by atoms with Gasteiger partial charge in [-0.1, -0.05) is 12.5 Å². The number of halogens is 1. The minimum Gasteiger partial charge on any atom is -0.356 e. The smallest absolute Gasteiger partial charge is 0.191 e. The minimum atomic E-state index is 0. The van der Waals surface area contributed by atoms with Crippen LogP contribution in [0.2, 0.25) is 0 Å². The van der Waals surface area contributed by atoms with Gasteiger partial charge in [-0.15, -0.1) is 45.5 Å². The molecule has 2 aromatic heterocycles. The maximum Gasteiger partial charge on any atom is 0.191 e. The molecule has 0 aliphatic carbocycles. The topological polar surface area (TPSA) is 70.4 Å². The number of aromatic nitrogens is 3. The number of nitrogens with one attached hydrogen (secondary N) is 2. The van der Waals surface area contributed by atoms with Crippen LogP contribution in [0.1, 0.15) is 49.1 Å². The number of thiophene rings is 1. The maximum absolute atomic E-state index is 4.75. The van der Waals surface area contributed by atoms with E-state index in [4.69, 9.17) is 4.99 Å². The average Bonchev–Trinajstić information content (AvgIpc) is 3.35. The number of hydrogen-bond donors (Lipinski definition) is 2. The quantitative estimate of drug-likeness (QED) is 0.219. The van der Waals surface area contributed by atoms with Crippen molar-refractivity contribution in [3.05, 3.63) is 34.0 Å². The largest absolute Gasteiger partial charge is 0.356 e. The molecule has 3 rings (SSSR count). The SMILES string of the molecule is Cc1nnc(CN=C(NCCCN2CCCCC2C)NCCc2cccs2)n1C.I. The Morgan fingerprint density at radius 1 is 1.27 bits per heavy atom. The molecule has 1 aliphatic rings. The third-order valence-electron chi connectivity index (χ3n) is 5.66. The zero-order chi connectivity index (χ0) is 20.5. The van der Waals surface area contributed by atoms with Crippen LogP contribution in [0.4, 0.5) is 0 Å². The summed E-state index contributed by atoms with van der Waals surface area (Å²) in [6.07, 6.45) is 6.18. The monoisotopic (exact) mass is 545 g/mol. The normalized spacial score (nSPS) is 17.6. The van der Waals surface area contributed by atoms with Crippen molar-refractivity contribution in [2.75, 3.05) is 26.2 Å². The zero-order valence-corrected chi connectivity index (χ0v) is 21.6. The van der Waals surface area contributed by atoms with E-state index in [1.54, 1.807) is 11.3 Å². The van der Waals surface area contributed by atoms with E-state index in [0.717, 1.165) is 56.1 Å². The van der Waals surface area contributed by atoms with Crippen LogP contribution in [0.25, 0.3) is 0 Å². The minimum absolute atomic E-state index is 0.